The number of carboxylic acids is 2. The number of rotatable bonds is 14. The molecule has 3 aliphatic heterocycles. The van der Waals surface area contributed by atoms with Gasteiger partial charge in [-0.15, -0.1) is 0 Å². The van der Waals surface area contributed by atoms with E-state index in [1.807, 2.05) is 0 Å². The largest absolute Gasteiger partial charge is 0.479 e. The first-order valence-corrected chi connectivity index (χ1v) is 14.2. The van der Waals surface area contributed by atoms with Gasteiger partial charge in [-0.3, -0.25) is 0 Å². The minimum Gasteiger partial charge on any atom is -0.479 e. The van der Waals surface area contributed by atoms with E-state index in [2.05, 4.69) is 0 Å². The molecule has 0 spiro atoms. The van der Waals surface area contributed by atoms with E-state index in [0.717, 1.165) is 0 Å². The van der Waals surface area contributed by atoms with Crippen LogP contribution in [-0.2, 0) is 38.0 Å². The van der Waals surface area contributed by atoms with Gasteiger partial charge >= 0.3 is 11.9 Å². The minimum atomic E-state index is -2.23. The van der Waals surface area contributed by atoms with E-state index in [1.165, 1.54) is 0 Å². The molecule has 0 aromatic heterocycles. The van der Waals surface area contributed by atoms with Crippen LogP contribution in [-0.4, -0.2) is 215 Å². The summed E-state index contributed by atoms with van der Waals surface area (Å²) in [6.45, 7) is -2.81. The van der Waals surface area contributed by atoms with Crippen molar-refractivity contribution in [2.45, 2.75) is 116 Å². The zero-order valence-electron chi connectivity index (χ0n) is 24.3. The first kappa shape index (κ1) is 39.6. The summed E-state index contributed by atoms with van der Waals surface area (Å²) in [5.41, 5.74) is 11.8. The Hall–Kier alpha value is -1.82. The standard InChI is InChI=1S/C24H42N2O21/c25-4(1-27)15(8(31)5(30)2-28)43-24-14(37)12(35)17(19(47-24)21(40)41)45-22-7(26)16(9(32)6(3-29)42-22)44-23-13(36)10(33)11(34)18(46-23)20(38)39/h4-19,22-24,27-37H,1-3,25-26H2,(H,38,39)(H,40,41)/t4-,5+,6+,7+,8+,9-,10-,11+,12+,13+,14+,15+,16+,17-,18-,19-,22-,23+,24+/m0/s1. The highest BCUT2D eigenvalue weighted by Gasteiger charge is 2.55. The molecule has 47 heavy (non-hydrogen) atoms. The van der Waals surface area contributed by atoms with Gasteiger partial charge in [-0.2, -0.15) is 0 Å². The van der Waals surface area contributed by atoms with Gasteiger partial charge in [0.1, 0.15) is 73.2 Å². The highest BCUT2D eigenvalue weighted by molar-refractivity contribution is 5.74. The minimum absolute atomic E-state index is 0.864. The molecule has 0 amide bonds. The Bertz CT molecular complexity index is 1030. The molecule has 17 N–H and O–H groups in total. The fourth-order valence-electron chi connectivity index (χ4n) is 5.18. The molecule has 3 saturated heterocycles. The maximum atomic E-state index is 12.2. The summed E-state index contributed by atoms with van der Waals surface area (Å²) in [5, 5.41) is 130. The first-order chi connectivity index (χ1) is 22.0. The normalized spacial score (nSPS) is 43.9. The topological polar surface area (TPSA) is 405 Å². The smallest absolute Gasteiger partial charge is 0.335 e. The third-order valence-corrected chi connectivity index (χ3v) is 7.93. The molecule has 0 aliphatic carbocycles. The van der Waals surface area contributed by atoms with E-state index in [1.54, 1.807) is 0 Å². The number of hydrogen-bond donors (Lipinski definition) is 15. The molecule has 0 saturated carbocycles. The van der Waals surface area contributed by atoms with Gasteiger partial charge in [0.25, 0.3) is 0 Å². The van der Waals surface area contributed by atoms with Gasteiger partial charge in [0.2, 0.25) is 0 Å². The number of carbonyl (C=O) groups is 2. The number of aliphatic hydroxyl groups excluding tert-OH is 11. The fraction of sp³-hybridized carbons (Fsp3) is 0.917. The van der Waals surface area contributed by atoms with Crippen LogP contribution in [0.25, 0.3) is 0 Å². The van der Waals surface area contributed by atoms with Crippen molar-refractivity contribution >= 4 is 11.9 Å². The lowest BCUT2D eigenvalue weighted by Crippen LogP contribution is -2.69. The van der Waals surface area contributed by atoms with Crippen molar-refractivity contribution in [1.82, 2.24) is 0 Å². The van der Waals surface area contributed by atoms with E-state index in [4.69, 9.17) is 45.0 Å². The monoisotopic (exact) mass is 694 g/mol. The summed E-state index contributed by atoms with van der Waals surface area (Å²) >= 11 is 0. The molecule has 3 heterocycles. The van der Waals surface area contributed by atoms with Gasteiger partial charge in [0.05, 0.1) is 31.9 Å². The van der Waals surface area contributed by atoms with Gasteiger partial charge in [-0.25, -0.2) is 9.59 Å². The molecule has 3 fully saturated rings. The maximum absolute atomic E-state index is 12.2. The Morgan fingerprint density at radius 1 is 0.681 bits per heavy atom. The number of ether oxygens (including phenoxy) is 6. The van der Waals surface area contributed by atoms with E-state index < -0.39 is 148 Å². The van der Waals surface area contributed by atoms with Crippen molar-refractivity contribution < 1.29 is 104 Å². The molecule has 3 rings (SSSR count). The van der Waals surface area contributed by atoms with E-state index >= 15 is 0 Å². The second-order valence-corrected chi connectivity index (χ2v) is 11.2. The van der Waals surface area contributed by atoms with E-state index in [9.17, 15) is 70.9 Å². The Morgan fingerprint density at radius 2 is 1.23 bits per heavy atom. The van der Waals surface area contributed by atoms with Gasteiger partial charge in [0.15, 0.2) is 31.1 Å². The number of carboxylic acid groups (broad SMARTS) is 2. The van der Waals surface area contributed by atoms with Crippen LogP contribution < -0.4 is 11.5 Å². The Balaban J connectivity index is 1.83. The summed E-state index contributed by atoms with van der Waals surface area (Å²) in [7, 11) is 0. The van der Waals surface area contributed by atoms with Crippen LogP contribution in [0.4, 0.5) is 0 Å². The number of hydrogen-bond acceptors (Lipinski definition) is 21. The second kappa shape index (κ2) is 16.7. The average molecular weight is 695 g/mol. The van der Waals surface area contributed by atoms with Gasteiger partial charge in [-0.05, 0) is 0 Å². The molecule has 0 aromatic carbocycles. The molecule has 0 bridgehead atoms. The van der Waals surface area contributed by atoms with E-state index in [-0.39, 0.29) is 0 Å². The molecule has 3 aliphatic rings. The SMILES string of the molecule is N[C@H]1[C@H](O[C@H]2[C@H](O)[C@@H](O)[C@H](O[C@@H]([C@H](O)[C@H](O)CO)[C@@H](N)CO)O[C@@H]2C(=O)O)O[C@H](CO)[C@H](O)[C@@H]1O[C@@H]1O[C@H](C(=O)O)[C@H](O)[C@H](O)[C@H]1O. The summed E-state index contributed by atoms with van der Waals surface area (Å²) in [6.07, 6.45) is -34.1. The summed E-state index contributed by atoms with van der Waals surface area (Å²) < 4.78 is 32.1. The number of aliphatic hydroxyl groups is 11. The van der Waals surface area contributed by atoms with Gasteiger partial charge in [0, 0.05) is 0 Å². The molecular weight excluding hydrogens is 652 g/mol. The molecule has 274 valence electrons. The molecule has 23 nitrogen and oxygen atoms in total. The average Bonchev–Trinajstić information content (AvgIpc) is 3.04. The molecule has 0 radical (unpaired) electrons. The lowest BCUT2D eigenvalue weighted by atomic mass is 9.95. The van der Waals surface area contributed by atoms with Crippen LogP contribution in [0.1, 0.15) is 0 Å². The van der Waals surface area contributed by atoms with Crippen LogP contribution in [0.3, 0.4) is 0 Å². The fourth-order valence-corrected chi connectivity index (χ4v) is 5.18. The third kappa shape index (κ3) is 8.50. The molecule has 23 heteroatoms. The van der Waals surface area contributed by atoms with Gasteiger partial charge < -0.3 is 106 Å². The number of nitrogens with two attached hydrogens (primary N) is 2. The second-order valence-electron chi connectivity index (χ2n) is 11.2. The van der Waals surface area contributed by atoms with Crippen LogP contribution in [0.5, 0.6) is 0 Å². The van der Waals surface area contributed by atoms with Crippen molar-refractivity contribution in [3.05, 3.63) is 0 Å². The third-order valence-electron chi connectivity index (χ3n) is 7.93. The molecular formula is C24H42N2O21. The Labute approximate surface area is 264 Å². The predicted molar refractivity (Wildman–Crippen MR) is 141 cm³/mol. The van der Waals surface area contributed by atoms with Crippen molar-refractivity contribution in [3.63, 3.8) is 0 Å². The quantitative estimate of drug-likeness (QED) is 0.0802. The molecule has 0 aromatic rings. The lowest BCUT2D eigenvalue weighted by molar-refractivity contribution is -0.362. The van der Waals surface area contributed by atoms with Crippen molar-refractivity contribution in [2.75, 3.05) is 19.8 Å². The number of aliphatic carboxylic acids is 2. The van der Waals surface area contributed by atoms with Gasteiger partial charge in [-0.1, -0.05) is 0 Å². The van der Waals surface area contributed by atoms with Crippen LogP contribution in [0.2, 0.25) is 0 Å². The molecule has 0 unspecified atom stereocenters. The van der Waals surface area contributed by atoms with Crippen molar-refractivity contribution in [1.29, 1.82) is 0 Å². The lowest BCUT2D eigenvalue weighted by Gasteiger charge is -2.48. The first-order valence-electron chi connectivity index (χ1n) is 14.2. The zero-order chi connectivity index (χ0) is 35.5. The summed E-state index contributed by atoms with van der Waals surface area (Å²) in [5.74, 6) is -3.57. The summed E-state index contributed by atoms with van der Waals surface area (Å²) in [6, 6.07) is -3.21. The maximum Gasteiger partial charge on any atom is 0.335 e. The van der Waals surface area contributed by atoms with Crippen LogP contribution >= 0.6 is 0 Å². The highest BCUT2D eigenvalue weighted by atomic mass is 16.8. The van der Waals surface area contributed by atoms with Crippen LogP contribution in [0, 0.1) is 0 Å². The zero-order valence-corrected chi connectivity index (χ0v) is 24.3. The van der Waals surface area contributed by atoms with E-state index in [0.29, 0.717) is 0 Å². The van der Waals surface area contributed by atoms with Crippen molar-refractivity contribution in [3.8, 4) is 0 Å². The van der Waals surface area contributed by atoms with Crippen LogP contribution in [0.15, 0.2) is 0 Å². The summed E-state index contributed by atoms with van der Waals surface area (Å²) in [4.78, 5) is 23.6. The Morgan fingerprint density at radius 3 is 1.77 bits per heavy atom. The Kier molecular flexibility index (Phi) is 14.1. The predicted octanol–water partition coefficient (Wildman–Crippen LogP) is -10.00. The highest BCUT2D eigenvalue weighted by Crippen LogP contribution is 2.33. The molecule has 19 atom stereocenters. The van der Waals surface area contributed by atoms with Crippen molar-refractivity contribution in [2.24, 2.45) is 11.5 Å².